The molecule has 4 nitrogen and oxygen atoms in total. The summed E-state index contributed by atoms with van der Waals surface area (Å²) in [5, 5.41) is 2.68. The van der Waals surface area contributed by atoms with Gasteiger partial charge < -0.3 is 15.0 Å². The second-order valence-electron chi connectivity index (χ2n) is 2.81. The quantitative estimate of drug-likeness (QED) is 0.484. The van der Waals surface area contributed by atoms with Gasteiger partial charge in [-0.3, -0.25) is 0 Å². The summed E-state index contributed by atoms with van der Waals surface area (Å²) in [5.41, 5.74) is 0. The molecule has 1 fully saturated rings. The van der Waals surface area contributed by atoms with Crippen LogP contribution in [0.2, 0.25) is 0 Å². The van der Waals surface area contributed by atoms with Crippen LogP contribution in [0, 0.1) is 0 Å². The number of nitrogens with zero attached hydrogens (tertiary/aromatic N) is 1. The van der Waals surface area contributed by atoms with Crippen LogP contribution in [0.15, 0.2) is 12.7 Å². The Balaban J connectivity index is 2.14. The third-order valence-electron chi connectivity index (χ3n) is 1.62. The van der Waals surface area contributed by atoms with Crippen molar-refractivity contribution in [3.05, 3.63) is 12.7 Å². The Morgan fingerprint density at radius 2 is 2.58 bits per heavy atom. The molecule has 1 heterocycles. The molecule has 12 heavy (non-hydrogen) atoms. The Labute approximate surface area is 72.2 Å². The maximum absolute atomic E-state index is 11.2. The van der Waals surface area contributed by atoms with Gasteiger partial charge in [0.05, 0.1) is 19.3 Å². The fraction of sp³-hybridized carbons (Fsp3) is 0.625. The molecule has 1 N–H and O–H groups in total. The van der Waals surface area contributed by atoms with Gasteiger partial charge in [-0.15, -0.1) is 6.58 Å². The molecule has 0 saturated carbocycles. The molecule has 1 unspecified atom stereocenters. The van der Waals surface area contributed by atoms with Crippen molar-refractivity contribution in [2.45, 2.75) is 6.10 Å². The summed E-state index contributed by atoms with van der Waals surface area (Å²) in [6.07, 6.45) is 1.91. The van der Waals surface area contributed by atoms with Crippen LogP contribution >= 0.6 is 0 Å². The van der Waals surface area contributed by atoms with Crippen molar-refractivity contribution in [1.82, 2.24) is 10.2 Å². The summed E-state index contributed by atoms with van der Waals surface area (Å²) >= 11 is 0. The Bertz CT molecular complexity index is 178. The monoisotopic (exact) mass is 170 g/mol. The van der Waals surface area contributed by atoms with E-state index in [9.17, 15) is 4.79 Å². The number of amides is 2. The molecule has 68 valence electrons. The van der Waals surface area contributed by atoms with Gasteiger partial charge in [-0.1, -0.05) is 6.08 Å². The smallest absolute Gasteiger partial charge is 0.317 e. The number of hydrogen-bond donors (Lipinski definition) is 1. The molecule has 0 radical (unpaired) electrons. The number of nitrogens with one attached hydrogen (secondary N) is 1. The van der Waals surface area contributed by atoms with Gasteiger partial charge in [0.25, 0.3) is 0 Å². The minimum absolute atomic E-state index is 0.0783. The molecule has 1 saturated heterocycles. The molecule has 1 aliphatic heterocycles. The van der Waals surface area contributed by atoms with Crippen molar-refractivity contribution in [2.24, 2.45) is 0 Å². The van der Waals surface area contributed by atoms with E-state index in [2.05, 4.69) is 11.9 Å². The van der Waals surface area contributed by atoms with Crippen LogP contribution < -0.4 is 5.32 Å². The lowest BCUT2D eigenvalue weighted by atomic mass is 10.4. The standard InChI is InChI=1S/C8H14N2O2/c1-3-4-9-8(11)10(2)5-7-6-12-7/h3,7H,1,4-6H2,2H3,(H,9,11). The Kier molecular flexibility index (Phi) is 3.10. The van der Waals surface area contributed by atoms with E-state index in [4.69, 9.17) is 4.74 Å². The molecule has 0 aromatic carbocycles. The topological polar surface area (TPSA) is 44.9 Å². The summed E-state index contributed by atoms with van der Waals surface area (Å²) in [6.45, 7) is 5.46. The van der Waals surface area contributed by atoms with Crippen LogP contribution in [0.3, 0.4) is 0 Å². The molecule has 2 amide bonds. The highest BCUT2D eigenvalue weighted by Gasteiger charge is 2.25. The molecular formula is C8H14N2O2. The van der Waals surface area contributed by atoms with Crippen molar-refractivity contribution in [3.63, 3.8) is 0 Å². The number of likely N-dealkylation sites (N-methyl/N-ethyl adjacent to an activating group) is 1. The third-order valence-corrected chi connectivity index (χ3v) is 1.62. The fourth-order valence-electron chi connectivity index (χ4n) is 0.856. The molecule has 4 heteroatoms. The van der Waals surface area contributed by atoms with Crippen LogP contribution in [0.5, 0.6) is 0 Å². The SMILES string of the molecule is C=CCNC(=O)N(C)CC1CO1. The highest BCUT2D eigenvalue weighted by Crippen LogP contribution is 2.09. The first-order chi connectivity index (χ1) is 5.74. The van der Waals surface area contributed by atoms with Crippen LogP contribution in [-0.2, 0) is 4.74 Å². The maximum Gasteiger partial charge on any atom is 0.317 e. The summed E-state index contributed by atoms with van der Waals surface area (Å²) in [4.78, 5) is 12.8. The molecule has 0 aromatic heterocycles. The molecule has 1 aliphatic rings. The zero-order valence-corrected chi connectivity index (χ0v) is 7.25. The average molecular weight is 170 g/mol. The van der Waals surface area contributed by atoms with E-state index in [-0.39, 0.29) is 12.1 Å². The van der Waals surface area contributed by atoms with E-state index in [0.29, 0.717) is 13.1 Å². The normalized spacial score (nSPS) is 19.9. The first kappa shape index (κ1) is 9.06. The van der Waals surface area contributed by atoms with Crippen molar-refractivity contribution < 1.29 is 9.53 Å². The lowest BCUT2D eigenvalue weighted by Crippen LogP contribution is -2.39. The predicted molar refractivity (Wildman–Crippen MR) is 46.0 cm³/mol. The number of carbonyl (C=O) groups is 1. The van der Waals surface area contributed by atoms with Gasteiger partial charge in [-0.2, -0.15) is 0 Å². The van der Waals surface area contributed by atoms with Gasteiger partial charge in [-0.05, 0) is 0 Å². The van der Waals surface area contributed by atoms with Gasteiger partial charge in [0.15, 0.2) is 0 Å². The third kappa shape index (κ3) is 2.92. The van der Waals surface area contributed by atoms with Crippen molar-refractivity contribution >= 4 is 6.03 Å². The van der Waals surface area contributed by atoms with Crippen molar-refractivity contribution in [2.75, 3.05) is 26.7 Å². The number of ether oxygens (including phenoxy) is 1. The van der Waals surface area contributed by atoms with Crippen molar-refractivity contribution in [3.8, 4) is 0 Å². The van der Waals surface area contributed by atoms with Crippen LogP contribution in [0.4, 0.5) is 4.79 Å². The molecule has 1 atom stereocenters. The van der Waals surface area contributed by atoms with E-state index in [0.717, 1.165) is 6.61 Å². The van der Waals surface area contributed by atoms with Crippen LogP contribution in [-0.4, -0.2) is 43.8 Å². The summed E-state index contributed by atoms with van der Waals surface area (Å²) in [5.74, 6) is 0. The minimum atomic E-state index is -0.0783. The van der Waals surface area contributed by atoms with Crippen molar-refractivity contribution in [1.29, 1.82) is 0 Å². The fourth-order valence-corrected chi connectivity index (χ4v) is 0.856. The number of epoxide rings is 1. The van der Waals surface area contributed by atoms with Gasteiger partial charge in [-0.25, -0.2) is 4.79 Å². The second-order valence-corrected chi connectivity index (χ2v) is 2.81. The van der Waals surface area contributed by atoms with E-state index in [1.807, 2.05) is 0 Å². The van der Waals surface area contributed by atoms with Gasteiger partial charge >= 0.3 is 6.03 Å². The number of urea groups is 1. The van der Waals surface area contributed by atoms with Gasteiger partial charge in [0, 0.05) is 13.6 Å². The Morgan fingerprint density at radius 1 is 1.92 bits per heavy atom. The lowest BCUT2D eigenvalue weighted by Gasteiger charge is -2.15. The maximum atomic E-state index is 11.2. The van der Waals surface area contributed by atoms with Gasteiger partial charge in [0.1, 0.15) is 0 Å². The van der Waals surface area contributed by atoms with E-state index in [1.54, 1.807) is 18.0 Å². The molecule has 0 aromatic rings. The summed E-state index contributed by atoms with van der Waals surface area (Å²) in [6, 6.07) is -0.0783. The van der Waals surface area contributed by atoms with E-state index >= 15 is 0 Å². The van der Waals surface area contributed by atoms with Crippen LogP contribution in [0.1, 0.15) is 0 Å². The number of rotatable bonds is 4. The van der Waals surface area contributed by atoms with Gasteiger partial charge in [0.2, 0.25) is 0 Å². The van der Waals surface area contributed by atoms with Crippen LogP contribution in [0.25, 0.3) is 0 Å². The molecular weight excluding hydrogens is 156 g/mol. The molecule has 0 spiro atoms. The minimum Gasteiger partial charge on any atom is -0.371 e. The number of carbonyl (C=O) groups excluding carboxylic acids is 1. The summed E-state index contributed by atoms with van der Waals surface area (Å²) < 4.78 is 4.99. The highest BCUT2D eigenvalue weighted by molar-refractivity contribution is 5.74. The Morgan fingerprint density at radius 3 is 3.08 bits per heavy atom. The second kappa shape index (κ2) is 4.11. The predicted octanol–water partition coefficient (Wildman–Crippen LogP) is 0.213. The first-order valence-corrected chi connectivity index (χ1v) is 3.95. The Hall–Kier alpha value is -1.03. The zero-order chi connectivity index (χ0) is 8.97. The molecule has 0 aliphatic carbocycles. The first-order valence-electron chi connectivity index (χ1n) is 3.95. The average Bonchev–Trinajstić information content (AvgIpc) is 2.83. The van der Waals surface area contributed by atoms with E-state index in [1.165, 1.54) is 0 Å². The van der Waals surface area contributed by atoms with E-state index < -0.39 is 0 Å². The summed E-state index contributed by atoms with van der Waals surface area (Å²) in [7, 11) is 1.75. The number of hydrogen-bond acceptors (Lipinski definition) is 2. The largest absolute Gasteiger partial charge is 0.371 e. The zero-order valence-electron chi connectivity index (χ0n) is 7.25. The lowest BCUT2D eigenvalue weighted by molar-refractivity contribution is 0.205. The molecule has 1 rings (SSSR count). The molecule has 0 bridgehead atoms. The highest BCUT2D eigenvalue weighted by atomic mass is 16.6.